The monoisotopic (exact) mass is 448 g/mol. The maximum atomic E-state index is 12.3. The first-order valence-corrected chi connectivity index (χ1v) is 9.61. The van der Waals surface area contributed by atoms with E-state index in [-0.39, 0.29) is 23.7 Å². The highest BCUT2D eigenvalue weighted by Crippen LogP contribution is 2.34. The van der Waals surface area contributed by atoms with E-state index in [1.165, 1.54) is 39.2 Å². The fraction of sp³-hybridized carbons (Fsp3) is 0.455. The SMILES string of the molecule is C#CCOc1cc(O[C@@H]2O[C@H](C(=O)OC)[C@@H](C)[C@H](OC(C)=O)[C@H]2OC(C)=O)ccc1C=O. The van der Waals surface area contributed by atoms with E-state index >= 15 is 0 Å². The first-order valence-electron chi connectivity index (χ1n) is 9.61. The van der Waals surface area contributed by atoms with E-state index in [1.54, 1.807) is 6.92 Å². The van der Waals surface area contributed by atoms with Crippen LogP contribution in [0.1, 0.15) is 31.1 Å². The molecule has 0 N–H and O–H groups in total. The third-order valence-corrected chi connectivity index (χ3v) is 4.58. The standard InChI is InChI=1S/C22H24O10/c1-6-9-28-17-10-16(8-7-15(17)11-23)31-22-20(30-14(4)25)18(29-13(3)24)12(2)19(32-22)21(26)27-5/h1,7-8,10-12,18-20,22H,9H2,2-5H3/t12-,18-,19-,20+,22+/m0/s1. The quantitative estimate of drug-likeness (QED) is 0.249. The van der Waals surface area contributed by atoms with E-state index < -0.39 is 48.4 Å². The fourth-order valence-corrected chi connectivity index (χ4v) is 3.20. The minimum atomic E-state index is -1.36. The number of esters is 3. The number of aldehydes is 1. The normalized spacial score (nSPS) is 24.4. The van der Waals surface area contributed by atoms with Crippen LogP contribution in [0.5, 0.6) is 11.5 Å². The summed E-state index contributed by atoms with van der Waals surface area (Å²) in [6.45, 7) is 3.86. The van der Waals surface area contributed by atoms with Gasteiger partial charge in [-0.1, -0.05) is 12.8 Å². The molecule has 5 atom stereocenters. The number of terminal acetylenes is 1. The number of hydrogen-bond donors (Lipinski definition) is 0. The van der Waals surface area contributed by atoms with E-state index in [2.05, 4.69) is 5.92 Å². The van der Waals surface area contributed by atoms with Crippen molar-refractivity contribution in [3.8, 4) is 23.8 Å². The van der Waals surface area contributed by atoms with Gasteiger partial charge in [-0.3, -0.25) is 14.4 Å². The van der Waals surface area contributed by atoms with Crippen LogP contribution >= 0.6 is 0 Å². The molecule has 0 spiro atoms. The second kappa shape index (κ2) is 11.2. The number of benzene rings is 1. The van der Waals surface area contributed by atoms with Gasteiger partial charge < -0.3 is 28.4 Å². The van der Waals surface area contributed by atoms with E-state index in [4.69, 9.17) is 34.8 Å². The molecule has 2 rings (SSSR count). The van der Waals surface area contributed by atoms with Crippen molar-refractivity contribution >= 4 is 24.2 Å². The number of methoxy groups -OCH3 is 1. The van der Waals surface area contributed by atoms with Crippen molar-refractivity contribution in [1.82, 2.24) is 0 Å². The third kappa shape index (κ3) is 5.98. The van der Waals surface area contributed by atoms with Gasteiger partial charge in [0.05, 0.1) is 12.7 Å². The van der Waals surface area contributed by atoms with Gasteiger partial charge in [0.25, 0.3) is 0 Å². The Morgan fingerprint density at radius 2 is 1.81 bits per heavy atom. The molecule has 10 heteroatoms. The van der Waals surface area contributed by atoms with Crippen LogP contribution < -0.4 is 9.47 Å². The highest BCUT2D eigenvalue weighted by molar-refractivity contribution is 5.79. The molecule has 1 fully saturated rings. The Balaban J connectivity index is 2.43. The van der Waals surface area contributed by atoms with Gasteiger partial charge in [0.1, 0.15) is 18.1 Å². The molecule has 0 aliphatic carbocycles. The summed E-state index contributed by atoms with van der Waals surface area (Å²) >= 11 is 0. The molecule has 0 aromatic heterocycles. The molecule has 0 unspecified atom stereocenters. The molecule has 1 aliphatic heterocycles. The number of rotatable bonds is 8. The summed E-state index contributed by atoms with van der Waals surface area (Å²) in [7, 11) is 1.18. The topological polar surface area (TPSA) is 124 Å². The number of hydrogen-bond acceptors (Lipinski definition) is 10. The van der Waals surface area contributed by atoms with Gasteiger partial charge in [-0.25, -0.2) is 4.79 Å². The van der Waals surface area contributed by atoms with Crippen molar-refractivity contribution in [2.24, 2.45) is 5.92 Å². The van der Waals surface area contributed by atoms with Crippen molar-refractivity contribution in [3.63, 3.8) is 0 Å². The molecule has 1 heterocycles. The van der Waals surface area contributed by atoms with Gasteiger partial charge in [-0.05, 0) is 12.1 Å². The van der Waals surface area contributed by atoms with Crippen LogP contribution in [0.25, 0.3) is 0 Å². The predicted molar refractivity (Wildman–Crippen MR) is 108 cm³/mol. The Kier molecular flexibility index (Phi) is 8.61. The molecule has 172 valence electrons. The molecule has 0 bridgehead atoms. The minimum Gasteiger partial charge on any atom is -0.480 e. The summed E-state index contributed by atoms with van der Waals surface area (Å²) in [5, 5.41) is 0. The summed E-state index contributed by atoms with van der Waals surface area (Å²) in [5.74, 6) is -0.167. The van der Waals surface area contributed by atoms with Crippen molar-refractivity contribution in [1.29, 1.82) is 0 Å². The lowest BCUT2D eigenvalue weighted by molar-refractivity contribution is -0.266. The molecule has 32 heavy (non-hydrogen) atoms. The third-order valence-electron chi connectivity index (χ3n) is 4.58. The average Bonchev–Trinajstić information content (AvgIpc) is 2.75. The molecule has 0 amide bonds. The summed E-state index contributed by atoms with van der Waals surface area (Å²) in [5.41, 5.74) is 0.229. The smallest absolute Gasteiger partial charge is 0.335 e. The van der Waals surface area contributed by atoms with Crippen molar-refractivity contribution in [3.05, 3.63) is 23.8 Å². The zero-order valence-electron chi connectivity index (χ0n) is 18.1. The van der Waals surface area contributed by atoms with E-state index in [9.17, 15) is 19.2 Å². The largest absolute Gasteiger partial charge is 0.480 e. The van der Waals surface area contributed by atoms with Crippen molar-refractivity contribution < 1.29 is 47.6 Å². The van der Waals surface area contributed by atoms with Gasteiger partial charge in [0, 0.05) is 25.8 Å². The second-order valence-electron chi connectivity index (χ2n) is 6.88. The zero-order chi connectivity index (χ0) is 23.8. The number of carbonyl (C=O) groups excluding carboxylic acids is 4. The molecular formula is C22H24O10. The van der Waals surface area contributed by atoms with Gasteiger partial charge in [0.15, 0.2) is 18.5 Å². The van der Waals surface area contributed by atoms with E-state index in [1.807, 2.05) is 0 Å². The highest BCUT2D eigenvalue weighted by atomic mass is 16.7. The Bertz CT molecular complexity index is 902. The first kappa shape index (κ1) is 24.7. The van der Waals surface area contributed by atoms with Crippen LogP contribution in [-0.2, 0) is 33.3 Å². The fourth-order valence-electron chi connectivity index (χ4n) is 3.20. The zero-order valence-corrected chi connectivity index (χ0v) is 18.1. The second-order valence-corrected chi connectivity index (χ2v) is 6.88. The van der Waals surface area contributed by atoms with E-state index in [0.29, 0.717) is 6.29 Å². The summed E-state index contributed by atoms with van der Waals surface area (Å²) < 4.78 is 32.4. The molecule has 0 radical (unpaired) electrons. The van der Waals surface area contributed by atoms with Crippen LogP contribution in [-0.4, -0.2) is 62.5 Å². The Morgan fingerprint density at radius 1 is 1.16 bits per heavy atom. The summed E-state index contributed by atoms with van der Waals surface area (Å²) in [6.07, 6.45) is 0.986. The Morgan fingerprint density at radius 3 is 2.38 bits per heavy atom. The predicted octanol–water partition coefficient (Wildman–Crippen LogP) is 1.29. The molecule has 1 aromatic rings. The van der Waals surface area contributed by atoms with Crippen LogP contribution in [0.2, 0.25) is 0 Å². The van der Waals surface area contributed by atoms with Crippen LogP contribution in [0, 0.1) is 18.3 Å². The lowest BCUT2D eigenvalue weighted by Gasteiger charge is -2.42. The minimum absolute atomic E-state index is 0.0866. The van der Waals surface area contributed by atoms with Gasteiger partial charge in [-0.2, -0.15) is 0 Å². The van der Waals surface area contributed by atoms with Crippen LogP contribution in [0.4, 0.5) is 0 Å². The molecule has 1 aromatic carbocycles. The molecule has 1 saturated heterocycles. The molecule has 10 nitrogen and oxygen atoms in total. The highest BCUT2D eigenvalue weighted by Gasteiger charge is 2.52. The van der Waals surface area contributed by atoms with Crippen LogP contribution in [0.15, 0.2) is 18.2 Å². The summed E-state index contributed by atoms with van der Waals surface area (Å²) in [4.78, 5) is 46.9. The maximum absolute atomic E-state index is 12.3. The van der Waals surface area contributed by atoms with Gasteiger partial charge in [0.2, 0.25) is 12.4 Å². The first-order chi connectivity index (χ1) is 15.2. The number of carbonyl (C=O) groups is 4. The van der Waals surface area contributed by atoms with Gasteiger partial charge in [-0.15, -0.1) is 6.42 Å². The van der Waals surface area contributed by atoms with Gasteiger partial charge >= 0.3 is 17.9 Å². The van der Waals surface area contributed by atoms with Crippen molar-refractivity contribution in [2.75, 3.05) is 13.7 Å². The Labute approximate surface area is 185 Å². The average molecular weight is 448 g/mol. The maximum Gasteiger partial charge on any atom is 0.335 e. The van der Waals surface area contributed by atoms with Crippen molar-refractivity contribution in [2.45, 2.75) is 45.4 Å². The molecular weight excluding hydrogens is 424 g/mol. The van der Waals surface area contributed by atoms with Crippen LogP contribution in [0.3, 0.4) is 0 Å². The number of ether oxygens (including phenoxy) is 6. The summed E-state index contributed by atoms with van der Waals surface area (Å²) in [6, 6.07) is 4.27. The van der Waals surface area contributed by atoms with E-state index in [0.717, 1.165) is 0 Å². The Hall–Kier alpha value is -3.58. The lowest BCUT2D eigenvalue weighted by Crippen LogP contribution is -2.60. The molecule has 1 aliphatic rings. The molecule has 0 saturated carbocycles. The lowest BCUT2D eigenvalue weighted by atomic mass is 9.90.